The maximum atomic E-state index is 12.4. The Morgan fingerprint density at radius 3 is 2.52 bits per heavy atom. The van der Waals surface area contributed by atoms with E-state index in [9.17, 15) is 14.7 Å². The molecule has 1 saturated carbocycles. The van der Waals surface area contributed by atoms with Gasteiger partial charge in [0, 0.05) is 4.88 Å². The van der Waals surface area contributed by atoms with E-state index < -0.39 is 17.4 Å². The van der Waals surface area contributed by atoms with Gasteiger partial charge in [0.05, 0.1) is 10.3 Å². The van der Waals surface area contributed by atoms with Crippen molar-refractivity contribution >= 4 is 34.8 Å². The zero-order chi connectivity index (χ0) is 15.6. The Labute approximate surface area is 133 Å². The smallest absolute Gasteiger partial charge is 0.329 e. The van der Waals surface area contributed by atoms with Crippen LogP contribution in [0.2, 0.25) is 4.34 Å². The van der Waals surface area contributed by atoms with Crippen LogP contribution in [0.4, 0.5) is 0 Å². The van der Waals surface area contributed by atoms with Gasteiger partial charge >= 0.3 is 5.97 Å². The molecule has 4 nitrogen and oxygen atoms in total. The van der Waals surface area contributed by atoms with Gasteiger partial charge in [0.2, 0.25) is 5.91 Å². The quantitative estimate of drug-likeness (QED) is 0.886. The lowest BCUT2D eigenvalue weighted by Gasteiger charge is -2.37. The molecule has 0 bridgehead atoms. The van der Waals surface area contributed by atoms with Crippen LogP contribution in [-0.4, -0.2) is 22.5 Å². The first kappa shape index (κ1) is 16.3. The third-order valence-electron chi connectivity index (χ3n) is 4.31. The van der Waals surface area contributed by atoms with Gasteiger partial charge in [0.1, 0.15) is 5.54 Å². The number of carboxylic acids is 1. The summed E-state index contributed by atoms with van der Waals surface area (Å²) in [6, 6.07) is 3.56. The largest absolute Gasteiger partial charge is 0.480 e. The number of carboxylic acid groups (broad SMARTS) is 1. The SMILES string of the molecule is CC1CCC(NC(=O)C(C)c2ccc(Cl)s2)(C(=O)O)CC1. The van der Waals surface area contributed by atoms with Crippen LogP contribution in [0.5, 0.6) is 0 Å². The Bertz CT molecular complexity index is 535. The summed E-state index contributed by atoms with van der Waals surface area (Å²) in [6.07, 6.45) is 2.64. The fraction of sp³-hybridized carbons (Fsp3) is 0.600. The zero-order valence-corrected chi connectivity index (χ0v) is 13.8. The molecule has 0 spiro atoms. The van der Waals surface area contributed by atoms with Crippen molar-refractivity contribution in [2.75, 3.05) is 0 Å². The molecule has 1 aromatic rings. The molecule has 21 heavy (non-hydrogen) atoms. The first-order chi connectivity index (χ1) is 9.84. The van der Waals surface area contributed by atoms with Crippen molar-refractivity contribution in [3.8, 4) is 0 Å². The number of thiophene rings is 1. The van der Waals surface area contributed by atoms with Gasteiger partial charge in [-0.3, -0.25) is 4.79 Å². The first-order valence-electron chi connectivity index (χ1n) is 7.15. The van der Waals surface area contributed by atoms with E-state index in [0.29, 0.717) is 23.1 Å². The molecular formula is C15H20ClNO3S. The van der Waals surface area contributed by atoms with E-state index in [4.69, 9.17) is 11.6 Å². The van der Waals surface area contributed by atoms with Crippen molar-refractivity contribution in [3.63, 3.8) is 0 Å². The highest BCUT2D eigenvalue weighted by Crippen LogP contribution is 2.34. The highest BCUT2D eigenvalue weighted by atomic mass is 35.5. The molecule has 0 saturated heterocycles. The Hall–Kier alpha value is -1.07. The zero-order valence-electron chi connectivity index (χ0n) is 12.2. The Morgan fingerprint density at radius 1 is 1.43 bits per heavy atom. The summed E-state index contributed by atoms with van der Waals surface area (Å²) in [5.74, 6) is -1.05. The molecule has 1 atom stereocenters. The van der Waals surface area contributed by atoms with Crippen LogP contribution in [0.25, 0.3) is 0 Å². The monoisotopic (exact) mass is 329 g/mol. The van der Waals surface area contributed by atoms with Crippen LogP contribution < -0.4 is 5.32 Å². The van der Waals surface area contributed by atoms with Crippen LogP contribution in [-0.2, 0) is 9.59 Å². The average Bonchev–Trinajstić information content (AvgIpc) is 2.87. The molecule has 1 unspecified atom stereocenters. The number of nitrogens with one attached hydrogen (secondary N) is 1. The molecule has 1 heterocycles. The van der Waals surface area contributed by atoms with Gasteiger partial charge in [0.25, 0.3) is 0 Å². The summed E-state index contributed by atoms with van der Waals surface area (Å²) < 4.78 is 0.629. The van der Waals surface area contributed by atoms with Crippen molar-refractivity contribution in [3.05, 3.63) is 21.3 Å². The lowest BCUT2D eigenvalue weighted by atomic mass is 9.77. The standard InChI is InChI=1S/C15H20ClNO3S/c1-9-5-7-15(8-6-9,14(19)20)17-13(18)10(2)11-3-4-12(16)21-11/h3-4,9-10H,5-8H2,1-2H3,(H,17,18)(H,19,20). The molecular weight excluding hydrogens is 310 g/mol. The number of hydrogen-bond acceptors (Lipinski definition) is 3. The van der Waals surface area contributed by atoms with Gasteiger partial charge < -0.3 is 10.4 Å². The summed E-state index contributed by atoms with van der Waals surface area (Å²) in [5, 5.41) is 12.3. The van der Waals surface area contributed by atoms with Gasteiger partial charge in [-0.25, -0.2) is 4.79 Å². The van der Waals surface area contributed by atoms with E-state index >= 15 is 0 Å². The van der Waals surface area contributed by atoms with Crippen molar-refractivity contribution in [1.82, 2.24) is 5.32 Å². The molecule has 116 valence electrons. The summed E-state index contributed by atoms with van der Waals surface area (Å²) >= 11 is 7.24. The van der Waals surface area contributed by atoms with Gasteiger partial charge in [-0.05, 0) is 50.7 Å². The Morgan fingerprint density at radius 2 is 2.05 bits per heavy atom. The van der Waals surface area contributed by atoms with E-state index in [2.05, 4.69) is 12.2 Å². The second-order valence-corrected chi connectivity index (χ2v) is 7.67. The molecule has 1 aliphatic rings. The fourth-order valence-electron chi connectivity index (χ4n) is 2.68. The summed E-state index contributed by atoms with van der Waals surface area (Å²) in [6.45, 7) is 3.89. The number of hydrogen-bond donors (Lipinski definition) is 2. The number of aliphatic carboxylic acids is 1. The molecule has 1 amide bonds. The molecule has 1 fully saturated rings. The lowest BCUT2D eigenvalue weighted by Crippen LogP contribution is -2.57. The second kappa shape index (κ2) is 6.36. The maximum Gasteiger partial charge on any atom is 0.329 e. The number of rotatable bonds is 4. The van der Waals surface area contributed by atoms with Gasteiger partial charge in [-0.15, -0.1) is 11.3 Å². The second-order valence-electron chi connectivity index (χ2n) is 5.92. The van der Waals surface area contributed by atoms with Gasteiger partial charge in [-0.1, -0.05) is 18.5 Å². The van der Waals surface area contributed by atoms with E-state index in [1.807, 2.05) is 6.07 Å². The lowest BCUT2D eigenvalue weighted by molar-refractivity contribution is -0.149. The molecule has 1 aliphatic carbocycles. The van der Waals surface area contributed by atoms with Gasteiger partial charge in [-0.2, -0.15) is 0 Å². The highest BCUT2D eigenvalue weighted by Gasteiger charge is 2.43. The van der Waals surface area contributed by atoms with Crippen molar-refractivity contribution < 1.29 is 14.7 Å². The number of halogens is 1. The molecule has 1 aromatic heterocycles. The maximum absolute atomic E-state index is 12.4. The van der Waals surface area contributed by atoms with Crippen molar-refractivity contribution in [2.45, 2.75) is 51.0 Å². The predicted octanol–water partition coefficient (Wildman–Crippen LogP) is 3.65. The van der Waals surface area contributed by atoms with Crippen LogP contribution in [0, 0.1) is 5.92 Å². The van der Waals surface area contributed by atoms with E-state index in [0.717, 1.165) is 17.7 Å². The third-order valence-corrected chi connectivity index (χ3v) is 5.73. The molecule has 6 heteroatoms. The topological polar surface area (TPSA) is 66.4 Å². The Balaban J connectivity index is 2.10. The van der Waals surface area contributed by atoms with E-state index in [-0.39, 0.29) is 5.91 Å². The summed E-state index contributed by atoms with van der Waals surface area (Å²) in [4.78, 5) is 24.9. The highest BCUT2D eigenvalue weighted by molar-refractivity contribution is 7.16. The molecule has 0 aromatic carbocycles. The molecule has 0 aliphatic heterocycles. The molecule has 2 N–H and O–H groups in total. The minimum atomic E-state index is -1.11. The third kappa shape index (κ3) is 3.58. The van der Waals surface area contributed by atoms with Crippen molar-refractivity contribution in [1.29, 1.82) is 0 Å². The minimum absolute atomic E-state index is 0.245. The minimum Gasteiger partial charge on any atom is -0.480 e. The Kier molecular flexibility index (Phi) is 4.94. The van der Waals surface area contributed by atoms with E-state index in [1.165, 1.54) is 11.3 Å². The van der Waals surface area contributed by atoms with Crippen LogP contribution >= 0.6 is 22.9 Å². The number of carbonyl (C=O) groups is 2. The van der Waals surface area contributed by atoms with Crippen LogP contribution in [0.1, 0.15) is 50.3 Å². The van der Waals surface area contributed by atoms with Gasteiger partial charge in [0.15, 0.2) is 0 Å². The first-order valence-corrected chi connectivity index (χ1v) is 8.34. The molecule has 0 radical (unpaired) electrons. The van der Waals surface area contributed by atoms with Crippen LogP contribution in [0.15, 0.2) is 12.1 Å². The van der Waals surface area contributed by atoms with Crippen LogP contribution in [0.3, 0.4) is 0 Å². The predicted molar refractivity (Wildman–Crippen MR) is 83.9 cm³/mol. The summed E-state index contributed by atoms with van der Waals surface area (Å²) in [7, 11) is 0. The number of carbonyl (C=O) groups excluding carboxylic acids is 1. The fourth-order valence-corrected chi connectivity index (χ4v) is 3.79. The van der Waals surface area contributed by atoms with Crippen molar-refractivity contribution in [2.24, 2.45) is 5.92 Å². The van der Waals surface area contributed by atoms with E-state index in [1.54, 1.807) is 13.0 Å². The normalized spacial score (nSPS) is 27.1. The number of amides is 1. The summed E-state index contributed by atoms with van der Waals surface area (Å²) in [5.41, 5.74) is -1.11. The average molecular weight is 330 g/mol. The molecule has 2 rings (SSSR count).